The summed E-state index contributed by atoms with van der Waals surface area (Å²) in [6, 6.07) is 6.99. The Bertz CT molecular complexity index is 309. The summed E-state index contributed by atoms with van der Waals surface area (Å²) in [5, 5.41) is 0. The minimum Gasteiger partial charge on any atom is -0.404 e. The fourth-order valence-corrected chi connectivity index (χ4v) is 2.60. The van der Waals surface area contributed by atoms with Crippen LogP contribution in [0.2, 0.25) is 0 Å². The van der Waals surface area contributed by atoms with Gasteiger partial charge in [0.25, 0.3) is 0 Å². The average molecular weight is 235 g/mol. The van der Waals surface area contributed by atoms with E-state index in [-0.39, 0.29) is 0 Å². The van der Waals surface area contributed by atoms with Gasteiger partial charge in [0, 0.05) is 0 Å². The van der Waals surface area contributed by atoms with Crippen LogP contribution in [0.25, 0.3) is 0 Å². The highest BCUT2D eigenvalue weighted by atomic mass is 79.9. The molecule has 1 aromatic rings. The molecule has 0 aromatic heterocycles. The fourth-order valence-electron chi connectivity index (χ4n) is 0.855. The van der Waals surface area contributed by atoms with Crippen molar-refractivity contribution in [1.82, 2.24) is 0 Å². The predicted octanol–water partition coefficient (Wildman–Crippen LogP) is 2.96. The number of benzene rings is 1. The van der Waals surface area contributed by atoms with Crippen molar-refractivity contribution in [2.75, 3.05) is 0 Å². The number of rotatable bonds is 0. The lowest BCUT2D eigenvalue weighted by Crippen LogP contribution is -1.79. The first-order chi connectivity index (χ1) is 5.17. The van der Waals surface area contributed by atoms with E-state index in [1.807, 2.05) is 0 Å². The smallest absolute Gasteiger partial charge is 0.404 e. The van der Waals surface area contributed by atoms with Gasteiger partial charge in [0.15, 0.2) is 11.5 Å². The van der Waals surface area contributed by atoms with E-state index in [1.165, 1.54) is 0 Å². The lowest BCUT2D eigenvalue weighted by molar-refractivity contribution is 0.455. The van der Waals surface area contributed by atoms with Gasteiger partial charge in [0.1, 0.15) is 0 Å². The maximum atomic E-state index is 11.1. The molecule has 11 heavy (non-hydrogen) atoms. The molecular formula is C6H4BrO3P. The van der Waals surface area contributed by atoms with Gasteiger partial charge in [-0.05, 0) is 12.1 Å². The zero-order chi connectivity index (χ0) is 7.90. The van der Waals surface area contributed by atoms with Crippen molar-refractivity contribution in [2.24, 2.45) is 0 Å². The molecule has 1 heterocycles. The lowest BCUT2D eigenvalue weighted by Gasteiger charge is -1.97. The van der Waals surface area contributed by atoms with Gasteiger partial charge in [-0.15, -0.1) is 0 Å². The highest BCUT2D eigenvalue weighted by Crippen LogP contribution is 2.63. The normalized spacial score (nSPS) is 18.3. The SMILES string of the molecule is O=P1(Br)Oc2ccccc2O1. The first kappa shape index (κ1) is 7.19. The van der Waals surface area contributed by atoms with Gasteiger partial charge in [-0.1, -0.05) is 12.1 Å². The first-order valence-electron chi connectivity index (χ1n) is 2.95. The number of hydrogen-bond acceptors (Lipinski definition) is 3. The minimum absolute atomic E-state index is 0.521. The van der Waals surface area contributed by atoms with Crippen LogP contribution in [0.5, 0.6) is 11.5 Å². The summed E-state index contributed by atoms with van der Waals surface area (Å²) in [7, 11) is 0. The number of halogens is 1. The van der Waals surface area contributed by atoms with Crippen molar-refractivity contribution >= 4 is 21.8 Å². The summed E-state index contributed by atoms with van der Waals surface area (Å²) in [5.41, 5.74) is 0. The van der Waals surface area contributed by atoms with E-state index in [0.717, 1.165) is 0 Å². The molecule has 1 aromatic carbocycles. The third-order valence-corrected chi connectivity index (χ3v) is 2.96. The van der Waals surface area contributed by atoms with E-state index in [1.54, 1.807) is 24.3 Å². The van der Waals surface area contributed by atoms with Gasteiger partial charge in [-0.2, -0.15) is 0 Å². The van der Waals surface area contributed by atoms with Crippen molar-refractivity contribution in [3.8, 4) is 11.5 Å². The molecule has 0 radical (unpaired) electrons. The van der Waals surface area contributed by atoms with E-state index in [4.69, 9.17) is 9.05 Å². The molecule has 0 fully saturated rings. The van der Waals surface area contributed by atoms with E-state index in [9.17, 15) is 4.57 Å². The Balaban J connectivity index is 2.49. The standard InChI is InChI=1S/C6H4BrO3P/c7-11(8)9-5-3-1-2-4-6(5)10-11/h1-4H. The van der Waals surface area contributed by atoms with Gasteiger partial charge in [0.05, 0.1) is 15.5 Å². The Morgan fingerprint density at radius 1 is 1.18 bits per heavy atom. The van der Waals surface area contributed by atoms with E-state index in [0.29, 0.717) is 11.5 Å². The second-order valence-electron chi connectivity index (χ2n) is 2.06. The van der Waals surface area contributed by atoms with Gasteiger partial charge in [-0.25, -0.2) is 4.57 Å². The highest BCUT2D eigenvalue weighted by Gasteiger charge is 2.32. The third kappa shape index (κ3) is 1.28. The van der Waals surface area contributed by atoms with Crippen LogP contribution in [0.4, 0.5) is 0 Å². The maximum Gasteiger partial charge on any atom is 0.499 e. The molecule has 5 heteroatoms. The van der Waals surface area contributed by atoms with Crippen LogP contribution in [-0.4, -0.2) is 0 Å². The molecule has 0 unspecified atom stereocenters. The molecule has 3 nitrogen and oxygen atoms in total. The summed E-state index contributed by atoms with van der Waals surface area (Å²) in [5.74, 6) is 1.04. The van der Waals surface area contributed by atoms with E-state index >= 15 is 0 Å². The van der Waals surface area contributed by atoms with Gasteiger partial charge < -0.3 is 9.05 Å². The third-order valence-electron chi connectivity index (χ3n) is 1.26. The number of para-hydroxylation sites is 2. The quantitative estimate of drug-likeness (QED) is 0.648. The fraction of sp³-hybridized carbons (Fsp3) is 0. The van der Waals surface area contributed by atoms with Crippen LogP contribution in [0, 0.1) is 0 Å². The average Bonchev–Trinajstić information content (AvgIpc) is 2.21. The topological polar surface area (TPSA) is 35.5 Å². The molecule has 0 atom stereocenters. The molecule has 58 valence electrons. The van der Waals surface area contributed by atoms with Crippen LogP contribution in [-0.2, 0) is 4.57 Å². The zero-order valence-corrected chi connectivity index (χ0v) is 7.84. The van der Waals surface area contributed by atoms with Gasteiger partial charge in [0.2, 0.25) is 0 Å². The van der Waals surface area contributed by atoms with Gasteiger partial charge in [-0.3, -0.25) is 0 Å². The maximum absolute atomic E-state index is 11.1. The van der Waals surface area contributed by atoms with Crippen LogP contribution < -0.4 is 9.05 Å². The highest BCUT2D eigenvalue weighted by molar-refractivity contribution is 9.39. The van der Waals surface area contributed by atoms with Crippen molar-refractivity contribution < 1.29 is 13.6 Å². The van der Waals surface area contributed by atoms with Crippen LogP contribution in [0.15, 0.2) is 24.3 Å². The molecule has 2 rings (SSSR count). The zero-order valence-electron chi connectivity index (χ0n) is 5.36. The summed E-state index contributed by atoms with van der Waals surface area (Å²) in [4.78, 5) is 0. The number of hydrogen-bond donors (Lipinski definition) is 0. The molecule has 0 saturated carbocycles. The molecule has 0 N–H and O–H groups in total. The second-order valence-corrected chi connectivity index (χ2v) is 5.89. The Morgan fingerprint density at radius 3 is 2.09 bits per heavy atom. The molecule has 1 aliphatic heterocycles. The monoisotopic (exact) mass is 234 g/mol. The number of fused-ring (bicyclic) bond motifs is 1. The van der Waals surface area contributed by atoms with Crippen molar-refractivity contribution in [1.29, 1.82) is 0 Å². The molecule has 0 spiro atoms. The molecule has 0 amide bonds. The lowest BCUT2D eigenvalue weighted by atomic mass is 10.3. The van der Waals surface area contributed by atoms with Crippen LogP contribution in [0.3, 0.4) is 0 Å². The molecule has 0 saturated heterocycles. The van der Waals surface area contributed by atoms with Crippen molar-refractivity contribution in [3.05, 3.63) is 24.3 Å². The van der Waals surface area contributed by atoms with E-state index < -0.39 is 6.30 Å². The Morgan fingerprint density at radius 2 is 1.64 bits per heavy atom. The summed E-state index contributed by atoms with van der Waals surface area (Å²) in [6.45, 7) is 0. The Kier molecular flexibility index (Phi) is 1.48. The summed E-state index contributed by atoms with van der Waals surface area (Å²) < 4.78 is 21.0. The molecular weight excluding hydrogens is 231 g/mol. The Hall–Kier alpha value is -0.470. The van der Waals surface area contributed by atoms with Crippen molar-refractivity contribution in [2.45, 2.75) is 0 Å². The minimum atomic E-state index is -3.01. The summed E-state index contributed by atoms with van der Waals surface area (Å²) in [6.07, 6.45) is -3.01. The molecule has 0 bridgehead atoms. The summed E-state index contributed by atoms with van der Waals surface area (Å²) >= 11 is 2.83. The second kappa shape index (κ2) is 2.26. The largest absolute Gasteiger partial charge is 0.499 e. The van der Waals surface area contributed by atoms with Gasteiger partial charge >= 0.3 is 6.30 Å². The molecule has 0 aliphatic carbocycles. The van der Waals surface area contributed by atoms with Crippen molar-refractivity contribution in [3.63, 3.8) is 0 Å². The first-order valence-corrected chi connectivity index (χ1v) is 6.51. The Labute approximate surface area is 71.6 Å². The van der Waals surface area contributed by atoms with E-state index in [2.05, 4.69) is 15.5 Å². The van der Waals surface area contributed by atoms with Crippen LogP contribution >= 0.6 is 21.8 Å². The predicted molar refractivity (Wildman–Crippen MR) is 44.2 cm³/mol. The molecule has 1 aliphatic rings. The van der Waals surface area contributed by atoms with Crippen LogP contribution in [0.1, 0.15) is 0 Å².